The van der Waals surface area contributed by atoms with E-state index < -0.39 is 0 Å². The summed E-state index contributed by atoms with van der Waals surface area (Å²) in [5.41, 5.74) is 3.67. The van der Waals surface area contributed by atoms with Gasteiger partial charge in [-0.25, -0.2) is 0 Å². The third-order valence-corrected chi connectivity index (χ3v) is 3.23. The molecule has 7 N–H and O–H groups in total. The number of likely N-dealkylation sites (N-methyl/N-ethyl adjacent to an activating group) is 1. The van der Waals surface area contributed by atoms with Crippen LogP contribution in [0.4, 0.5) is 0 Å². The van der Waals surface area contributed by atoms with Crippen LogP contribution in [0.15, 0.2) is 0 Å². The van der Waals surface area contributed by atoms with Gasteiger partial charge in [-0.15, -0.1) is 0 Å². The number of nitrogens with one attached hydrogen (secondary N) is 2. The zero-order valence-electron chi connectivity index (χ0n) is 10.8. The van der Waals surface area contributed by atoms with Crippen molar-refractivity contribution in [3.05, 3.63) is 0 Å². The minimum absolute atomic E-state index is 0.305. The Bertz CT molecular complexity index is 200. The lowest BCUT2D eigenvalue weighted by atomic mass is 10.2. The van der Waals surface area contributed by atoms with E-state index in [0.717, 1.165) is 37.7 Å². The van der Waals surface area contributed by atoms with E-state index in [1.165, 1.54) is 4.90 Å². The second-order valence-corrected chi connectivity index (χ2v) is 5.03. The Morgan fingerprint density at radius 2 is 1.82 bits per heavy atom. The first-order valence-corrected chi connectivity index (χ1v) is 6.49. The topological polar surface area (TPSA) is 86.2 Å². The van der Waals surface area contributed by atoms with Gasteiger partial charge in [-0.1, -0.05) is 0 Å². The molecular weight excluding hydrogens is 222 g/mol. The van der Waals surface area contributed by atoms with Crippen molar-refractivity contribution < 1.29 is 30.5 Å². The molecule has 0 bridgehead atoms. The van der Waals surface area contributed by atoms with Crippen molar-refractivity contribution in [1.29, 1.82) is 0 Å². The van der Waals surface area contributed by atoms with E-state index in [0.29, 0.717) is 19.6 Å². The van der Waals surface area contributed by atoms with Crippen molar-refractivity contribution in [2.24, 2.45) is 0 Å². The number of rotatable bonds is 7. The third-order valence-electron chi connectivity index (χ3n) is 3.23. The Hall–Kier alpha value is -0.240. The highest BCUT2D eigenvalue weighted by Gasteiger charge is 2.21. The maximum Gasteiger partial charge on any atom is 0.152 e. The lowest BCUT2D eigenvalue weighted by molar-refractivity contribution is -0.923. The summed E-state index contributed by atoms with van der Waals surface area (Å²) in [7, 11) is 2.00. The van der Waals surface area contributed by atoms with E-state index in [1.54, 1.807) is 0 Å². The zero-order chi connectivity index (χ0) is 12.7. The Morgan fingerprint density at radius 1 is 1.24 bits per heavy atom. The summed E-state index contributed by atoms with van der Waals surface area (Å²) in [5.74, 6) is 0. The lowest BCUT2D eigenvalue weighted by Crippen LogP contribution is -3.17. The average Bonchev–Trinajstić information content (AvgIpc) is 2.29. The minimum Gasteiger partial charge on any atom is -0.382 e. The summed E-state index contributed by atoms with van der Waals surface area (Å²) in [4.78, 5) is 2.57. The molecule has 0 aromatic heterocycles. The number of hydrogen-bond donors (Lipinski definition) is 5. The number of aliphatic hydroxyl groups excluding tert-OH is 2. The fourth-order valence-electron chi connectivity index (χ4n) is 2.26. The molecule has 1 unspecified atom stereocenters. The van der Waals surface area contributed by atoms with Gasteiger partial charge in [0.05, 0.1) is 20.3 Å². The summed E-state index contributed by atoms with van der Waals surface area (Å²) in [5, 5.41) is 19.5. The third kappa shape index (κ3) is 6.30. The second-order valence-electron chi connectivity index (χ2n) is 5.03. The summed E-state index contributed by atoms with van der Waals surface area (Å²) >= 11 is 0. The van der Waals surface area contributed by atoms with Gasteiger partial charge in [0.15, 0.2) is 12.2 Å². The monoisotopic (exact) mass is 250 g/mol. The SMILES string of the molecule is C[NH+](C[C@@H](O)C[NH+]1CCOCC1)C[C@@H](O)C[NH3+]. The van der Waals surface area contributed by atoms with Gasteiger partial charge >= 0.3 is 0 Å². The van der Waals surface area contributed by atoms with E-state index >= 15 is 0 Å². The minimum atomic E-state index is -0.363. The first kappa shape index (κ1) is 14.8. The molecule has 17 heavy (non-hydrogen) atoms. The molecular formula is C11H28N3O3+3. The van der Waals surface area contributed by atoms with Crippen LogP contribution in [0, 0.1) is 0 Å². The maximum atomic E-state index is 9.98. The van der Waals surface area contributed by atoms with Gasteiger partial charge in [0.2, 0.25) is 0 Å². The Labute approximate surface area is 103 Å². The maximum absolute atomic E-state index is 9.98. The molecule has 1 fully saturated rings. The molecule has 0 aromatic carbocycles. The quantitative estimate of drug-likeness (QED) is 0.312. The molecule has 6 nitrogen and oxygen atoms in total. The summed E-state index contributed by atoms with van der Waals surface area (Å²) in [6, 6.07) is 0. The Morgan fingerprint density at radius 3 is 2.41 bits per heavy atom. The van der Waals surface area contributed by atoms with Crippen LogP contribution >= 0.6 is 0 Å². The second kappa shape index (κ2) is 7.97. The van der Waals surface area contributed by atoms with Gasteiger partial charge in [-0.2, -0.15) is 0 Å². The fraction of sp³-hybridized carbons (Fsp3) is 1.00. The predicted molar refractivity (Wildman–Crippen MR) is 62.8 cm³/mol. The Kier molecular flexibility index (Phi) is 6.94. The van der Waals surface area contributed by atoms with Crippen LogP contribution < -0.4 is 15.5 Å². The van der Waals surface area contributed by atoms with Crippen molar-refractivity contribution >= 4 is 0 Å². The van der Waals surface area contributed by atoms with Crippen molar-refractivity contribution in [2.75, 3.05) is 59.5 Å². The molecule has 0 saturated carbocycles. The first-order valence-electron chi connectivity index (χ1n) is 6.49. The average molecular weight is 250 g/mol. The van der Waals surface area contributed by atoms with Crippen molar-refractivity contribution in [1.82, 2.24) is 0 Å². The summed E-state index contributed by atoms with van der Waals surface area (Å²) < 4.78 is 5.28. The van der Waals surface area contributed by atoms with Gasteiger partial charge in [0.25, 0.3) is 0 Å². The number of ether oxygens (including phenoxy) is 1. The summed E-state index contributed by atoms with van der Waals surface area (Å²) in [6.07, 6.45) is -0.668. The van der Waals surface area contributed by atoms with Crippen LogP contribution in [-0.2, 0) is 4.74 Å². The van der Waals surface area contributed by atoms with E-state index in [1.807, 2.05) is 7.05 Å². The van der Waals surface area contributed by atoms with E-state index in [4.69, 9.17) is 4.74 Å². The molecule has 0 radical (unpaired) electrons. The molecule has 1 aliphatic heterocycles. The van der Waals surface area contributed by atoms with Crippen LogP contribution in [0.5, 0.6) is 0 Å². The lowest BCUT2D eigenvalue weighted by Gasteiger charge is -2.26. The van der Waals surface area contributed by atoms with Crippen molar-refractivity contribution in [3.8, 4) is 0 Å². The normalized spacial score (nSPS) is 23.3. The molecule has 0 spiro atoms. The smallest absolute Gasteiger partial charge is 0.152 e. The molecule has 0 amide bonds. The highest BCUT2D eigenvalue weighted by molar-refractivity contribution is 4.52. The number of morpholine rings is 1. The van der Waals surface area contributed by atoms with Gasteiger partial charge in [-0.3, -0.25) is 0 Å². The number of hydrogen-bond acceptors (Lipinski definition) is 3. The largest absolute Gasteiger partial charge is 0.382 e. The predicted octanol–water partition coefficient (Wildman–Crippen LogP) is -5.62. The fourth-order valence-corrected chi connectivity index (χ4v) is 2.26. The van der Waals surface area contributed by atoms with Gasteiger partial charge < -0.3 is 30.5 Å². The molecule has 1 saturated heterocycles. The highest BCUT2D eigenvalue weighted by atomic mass is 16.5. The zero-order valence-corrected chi connectivity index (χ0v) is 10.8. The van der Waals surface area contributed by atoms with Gasteiger partial charge in [-0.05, 0) is 0 Å². The van der Waals surface area contributed by atoms with Gasteiger partial charge in [0.1, 0.15) is 39.3 Å². The molecule has 0 aliphatic carbocycles. The molecule has 1 rings (SSSR count). The van der Waals surface area contributed by atoms with Crippen LogP contribution in [0.25, 0.3) is 0 Å². The highest BCUT2D eigenvalue weighted by Crippen LogP contribution is 1.78. The van der Waals surface area contributed by atoms with Crippen LogP contribution in [0.2, 0.25) is 0 Å². The molecule has 1 aliphatic rings. The Balaban J connectivity index is 2.16. The summed E-state index contributed by atoms with van der Waals surface area (Å²) in [6.45, 7) is 6.20. The van der Waals surface area contributed by atoms with Crippen molar-refractivity contribution in [3.63, 3.8) is 0 Å². The number of aliphatic hydroxyl groups is 2. The molecule has 102 valence electrons. The van der Waals surface area contributed by atoms with E-state index in [9.17, 15) is 10.2 Å². The first-order chi connectivity index (χ1) is 8.11. The molecule has 6 heteroatoms. The van der Waals surface area contributed by atoms with Crippen LogP contribution in [0.3, 0.4) is 0 Å². The van der Waals surface area contributed by atoms with E-state index in [2.05, 4.69) is 5.73 Å². The molecule has 0 aromatic rings. The van der Waals surface area contributed by atoms with Crippen molar-refractivity contribution in [2.45, 2.75) is 12.2 Å². The molecule has 3 atom stereocenters. The van der Waals surface area contributed by atoms with Crippen LogP contribution in [-0.4, -0.2) is 82.0 Å². The van der Waals surface area contributed by atoms with Gasteiger partial charge in [0, 0.05) is 0 Å². The number of quaternary nitrogens is 3. The van der Waals surface area contributed by atoms with E-state index in [-0.39, 0.29) is 12.2 Å². The standard InChI is InChI=1S/C11H25N3O3/c1-13(7-10(15)6-12)8-11(16)9-14-2-4-17-5-3-14/h10-11,15-16H,2-9,12H2,1H3/p+3/t10-,11+/m0/s1. The van der Waals surface area contributed by atoms with Crippen LogP contribution in [0.1, 0.15) is 0 Å². The molecule has 1 heterocycles.